The molecular weight excluding hydrogens is 384 g/mol. The fraction of sp³-hybridized carbons (Fsp3) is 0.385. The van der Waals surface area contributed by atoms with E-state index in [1.165, 1.54) is 11.1 Å². The van der Waals surface area contributed by atoms with E-state index >= 15 is 0 Å². The molecule has 1 fully saturated rings. The Bertz CT molecular complexity index is 1050. The van der Waals surface area contributed by atoms with E-state index in [-0.39, 0.29) is 5.91 Å². The summed E-state index contributed by atoms with van der Waals surface area (Å²) in [6.45, 7) is 11.5. The molecule has 1 atom stereocenters. The third kappa shape index (κ3) is 4.72. The van der Waals surface area contributed by atoms with Crippen molar-refractivity contribution in [2.45, 2.75) is 40.2 Å². The molecule has 1 amide bonds. The fourth-order valence-electron chi connectivity index (χ4n) is 4.19. The maximum atomic E-state index is 13.2. The summed E-state index contributed by atoms with van der Waals surface area (Å²) in [5, 5.41) is 7.99. The summed E-state index contributed by atoms with van der Waals surface area (Å²) >= 11 is 0. The number of para-hydroxylation sites is 1. The van der Waals surface area contributed by atoms with Gasteiger partial charge < -0.3 is 10.2 Å². The lowest BCUT2D eigenvalue weighted by Crippen LogP contribution is -2.33. The summed E-state index contributed by atoms with van der Waals surface area (Å²) in [6, 6.07) is 16.7. The van der Waals surface area contributed by atoms with Gasteiger partial charge in [0.2, 0.25) is 0 Å². The van der Waals surface area contributed by atoms with E-state index in [1.54, 1.807) is 4.68 Å². The molecule has 1 aliphatic heterocycles. The highest BCUT2D eigenvalue weighted by molar-refractivity contribution is 6.00. The number of hydrogen-bond donors (Lipinski definition) is 1. The van der Waals surface area contributed by atoms with Gasteiger partial charge in [-0.2, -0.15) is 5.10 Å². The van der Waals surface area contributed by atoms with Gasteiger partial charge in [0.05, 0.1) is 11.3 Å². The van der Waals surface area contributed by atoms with Gasteiger partial charge in [-0.15, -0.1) is 0 Å². The van der Waals surface area contributed by atoms with Crippen LogP contribution in [0.15, 0.2) is 54.7 Å². The van der Waals surface area contributed by atoms with Crippen LogP contribution in [0.3, 0.4) is 0 Å². The van der Waals surface area contributed by atoms with Crippen LogP contribution in [0.5, 0.6) is 0 Å². The summed E-state index contributed by atoms with van der Waals surface area (Å²) in [4.78, 5) is 15.7. The van der Waals surface area contributed by atoms with Crippen molar-refractivity contribution in [1.82, 2.24) is 20.0 Å². The number of benzene rings is 2. The van der Waals surface area contributed by atoms with Crippen LogP contribution in [0.25, 0.3) is 16.9 Å². The lowest BCUT2D eigenvalue weighted by Gasteiger charge is -2.20. The van der Waals surface area contributed by atoms with Crippen molar-refractivity contribution in [1.29, 1.82) is 0 Å². The maximum Gasteiger partial charge on any atom is 0.255 e. The average molecular weight is 417 g/mol. The quantitative estimate of drug-likeness (QED) is 0.638. The zero-order chi connectivity index (χ0) is 22.0. The van der Waals surface area contributed by atoms with Gasteiger partial charge in [-0.25, -0.2) is 4.68 Å². The Labute approximate surface area is 185 Å². The third-order valence-corrected chi connectivity index (χ3v) is 6.36. The summed E-state index contributed by atoms with van der Waals surface area (Å²) in [5.41, 5.74) is 5.67. The zero-order valence-corrected chi connectivity index (χ0v) is 18.9. The Morgan fingerprint density at radius 2 is 1.90 bits per heavy atom. The molecule has 31 heavy (non-hydrogen) atoms. The van der Waals surface area contributed by atoms with E-state index in [0.717, 1.165) is 36.5 Å². The highest BCUT2D eigenvalue weighted by Gasteiger charge is 2.25. The topological polar surface area (TPSA) is 50.2 Å². The Hall–Kier alpha value is -2.92. The van der Waals surface area contributed by atoms with E-state index in [4.69, 9.17) is 5.10 Å². The van der Waals surface area contributed by atoms with Crippen molar-refractivity contribution in [2.24, 2.45) is 5.92 Å². The molecule has 2 aromatic carbocycles. The predicted molar refractivity (Wildman–Crippen MR) is 126 cm³/mol. The van der Waals surface area contributed by atoms with Crippen LogP contribution in [0.4, 0.5) is 0 Å². The minimum atomic E-state index is -0.0570. The molecule has 1 unspecified atom stereocenters. The van der Waals surface area contributed by atoms with Gasteiger partial charge in [-0.1, -0.05) is 30.3 Å². The summed E-state index contributed by atoms with van der Waals surface area (Å²) in [6.07, 6.45) is 2.98. The van der Waals surface area contributed by atoms with Crippen molar-refractivity contribution >= 4 is 5.91 Å². The third-order valence-electron chi connectivity index (χ3n) is 6.36. The molecule has 4 rings (SSSR count). The smallest absolute Gasteiger partial charge is 0.255 e. The van der Waals surface area contributed by atoms with Crippen LogP contribution < -0.4 is 5.32 Å². The number of likely N-dealkylation sites (tertiary alicyclic amines) is 1. The molecule has 3 aromatic rings. The number of nitrogens with one attached hydrogen (secondary N) is 1. The van der Waals surface area contributed by atoms with E-state index in [9.17, 15) is 4.79 Å². The molecule has 0 saturated carbocycles. The highest BCUT2D eigenvalue weighted by atomic mass is 16.1. The molecule has 0 bridgehead atoms. The van der Waals surface area contributed by atoms with Gasteiger partial charge in [0.1, 0.15) is 5.69 Å². The van der Waals surface area contributed by atoms with Crippen molar-refractivity contribution < 1.29 is 4.79 Å². The molecular formula is C26H32N4O. The SMILES string of the molecule is Cc1ccc(-c2nn(-c3ccccc3)cc2C(=O)NCC2CCN(C(C)C)C2)cc1C. The lowest BCUT2D eigenvalue weighted by molar-refractivity contribution is 0.0947. The number of nitrogens with zero attached hydrogens (tertiary/aromatic N) is 3. The lowest BCUT2D eigenvalue weighted by atomic mass is 10.0. The van der Waals surface area contributed by atoms with Crippen LogP contribution in [-0.4, -0.2) is 46.3 Å². The molecule has 2 heterocycles. The van der Waals surface area contributed by atoms with Crippen molar-refractivity contribution in [3.05, 3.63) is 71.4 Å². The molecule has 1 N–H and O–H groups in total. The second-order valence-corrected chi connectivity index (χ2v) is 8.92. The number of amides is 1. The Morgan fingerprint density at radius 3 is 2.58 bits per heavy atom. The van der Waals surface area contributed by atoms with E-state index in [1.807, 2.05) is 42.6 Å². The van der Waals surface area contributed by atoms with Crippen LogP contribution >= 0.6 is 0 Å². The summed E-state index contributed by atoms with van der Waals surface area (Å²) in [7, 11) is 0. The predicted octanol–water partition coefficient (Wildman–Crippen LogP) is 4.62. The van der Waals surface area contributed by atoms with Crippen LogP contribution in [0.1, 0.15) is 41.8 Å². The maximum absolute atomic E-state index is 13.2. The summed E-state index contributed by atoms with van der Waals surface area (Å²) in [5.74, 6) is 0.444. The van der Waals surface area contributed by atoms with E-state index in [0.29, 0.717) is 24.1 Å². The fourth-order valence-corrected chi connectivity index (χ4v) is 4.19. The van der Waals surface area contributed by atoms with Gasteiger partial charge in [-0.3, -0.25) is 4.79 Å². The zero-order valence-electron chi connectivity index (χ0n) is 18.9. The Balaban J connectivity index is 1.60. The van der Waals surface area contributed by atoms with Crippen LogP contribution in [0.2, 0.25) is 0 Å². The van der Waals surface area contributed by atoms with Gasteiger partial charge in [0.25, 0.3) is 5.91 Å². The standard InChI is InChI=1S/C26H32N4O/c1-18(2)29-13-12-21(16-29)15-27-26(31)24-17-30(23-8-6-5-7-9-23)28-25(24)22-11-10-19(3)20(4)14-22/h5-11,14,17-18,21H,12-13,15-16H2,1-4H3,(H,27,31). The minimum Gasteiger partial charge on any atom is -0.352 e. The van der Waals surface area contributed by atoms with Gasteiger partial charge in [-0.05, 0) is 75.9 Å². The van der Waals surface area contributed by atoms with Crippen molar-refractivity contribution in [3.63, 3.8) is 0 Å². The van der Waals surface area contributed by atoms with E-state index < -0.39 is 0 Å². The van der Waals surface area contributed by atoms with Crippen LogP contribution in [0, 0.1) is 19.8 Å². The number of carbonyl (C=O) groups excluding carboxylic acids is 1. The first-order valence-corrected chi connectivity index (χ1v) is 11.2. The Kier molecular flexibility index (Phi) is 6.23. The molecule has 1 saturated heterocycles. The molecule has 1 aromatic heterocycles. The summed E-state index contributed by atoms with van der Waals surface area (Å²) < 4.78 is 1.80. The first-order valence-electron chi connectivity index (χ1n) is 11.2. The molecule has 0 radical (unpaired) electrons. The highest BCUT2D eigenvalue weighted by Crippen LogP contribution is 2.26. The average Bonchev–Trinajstić information content (AvgIpc) is 3.42. The Morgan fingerprint density at radius 1 is 1.13 bits per heavy atom. The molecule has 5 heteroatoms. The number of rotatable bonds is 6. The molecule has 1 aliphatic rings. The second-order valence-electron chi connectivity index (χ2n) is 8.92. The minimum absolute atomic E-state index is 0.0570. The van der Waals surface area contributed by atoms with Crippen molar-refractivity contribution in [2.75, 3.05) is 19.6 Å². The number of hydrogen-bond acceptors (Lipinski definition) is 3. The molecule has 0 aliphatic carbocycles. The van der Waals surface area contributed by atoms with Crippen molar-refractivity contribution in [3.8, 4) is 16.9 Å². The van der Waals surface area contributed by atoms with Crippen LogP contribution in [-0.2, 0) is 0 Å². The number of carbonyl (C=O) groups is 1. The normalized spacial score (nSPS) is 16.7. The molecule has 0 spiro atoms. The largest absolute Gasteiger partial charge is 0.352 e. The second kappa shape index (κ2) is 9.06. The monoisotopic (exact) mass is 416 g/mol. The van der Waals surface area contributed by atoms with Gasteiger partial charge >= 0.3 is 0 Å². The van der Waals surface area contributed by atoms with Gasteiger partial charge in [0.15, 0.2) is 0 Å². The van der Waals surface area contributed by atoms with E-state index in [2.05, 4.69) is 50.0 Å². The molecule has 5 nitrogen and oxygen atoms in total. The van der Waals surface area contributed by atoms with Gasteiger partial charge in [0, 0.05) is 30.9 Å². The first kappa shape index (κ1) is 21.3. The number of aromatic nitrogens is 2. The number of aryl methyl sites for hydroxylation is 2. The first-order chi connectivity index (χ1) is 14.9. The molecule has 162 valence electrons.